The molecule has 0 aliphatic carbocycles. The Hall–Kier alpha value is -2.79. The number of carbonyl (C=O) groups is 1. The Bertz CT molecular complexity index is 1230. The van der Waals surface area contributed by atoms with Crippen molar-refractivity contribution in [1.82, 2.24) is 14.6 Å². The summed E-state index contributed by atoms with van der Waals surface area (Å²) < 4.78 is 65.7. The van der Waals surface area contributed by atoms with Gasteiger partial charge in [-0.2, -0.15) is 13.2 Å². The largest absolute Gasteiger partial charge is 0.417 e. The van der Waals surface area contributed by atoms with Gasteiger partial charge in [-0.1, -0.05) is 41.9 Å². The first kappa shape index (κ1) is 23.4. The zero-order chi connectivity index (χ0) is 24.1. The maximum Gasteiger partial charge on any atom is 0.417 e. The fraction of sp³-hybridized carbons (Fsp3) is 0.333. The molecule has 33 heavy (non-hydrogen) atoms. The van der Waals surface area contributed by atoms with Crippen molar-refractivity contribution in [3.63, 3.8) is 0 Å². The number of hydrogen-bond acceptors (Lipinski definition) is 6. The minimum atomic E-state index is -4.55. The highest BCUT2D eigenvalue weighted by Crippen LogP contribution is 2.38. The lowest BCUT2D eigenvalue weighted by Crippen LogP contribution is -2.59. The van der Waals surface area contributed by atoms with E-state index in [2.05, 4.69) is 10.3 Å². The van der Waals surface area contributed by atoms with Crippen LogP contribution in [0.25, 0.3) is 4.91 Å². The van der Waals surface area contributed by atoms with E-state index < -0.39 is 33.7 Å². The number of benzene rings is 1. The van der Waals surface area contributed by atoms with Crippen molar-refractivity contribution < 1.29 is 26.4 Å². The molecule has 1 amide bonds. The topological polar surface area (TPSA) is 82.6 Å². The molecule has 3 heterocycles. The first-order chi connectivity index (χ1) is 15.4. The van der Waals surface area contributed by atoms with E-state index in [1.807, 2.05) is 0 Å². The Morgan fingerprint density at radius 1 is 1.18 bits per heavy atom. The minimum absolute atomic E-state index is 0.0222. The van der Waals surface area contributed by atoms with Crippen LogP contribution in [0.3, 0.4) is 0 Å². The summed E-state index contributed by atoms with van der Waals surface area (Å²) in [6, 6.07) is 8.25. The van der Waals surface area contributed by atoms with Crippen LogP contribution in [-0.2, 0) is 21.0 Å². The second-order valence-corrected chi connectivity index (χ2v) is 10.2. The van der Waals surface area contributed by atoms with Crippen molar-refractivity contribution in [1.29, 1.82) is 0 Å². The molecule has 0 atom stereocenters. The van der Waals surface area contributed by atoms with Gasteiger partial charge in [0.05, 0.1) is 16.6 Å². The third-order valence-electron chi connectivity index (χ3n) is 5.34. The molecule has 1 fully saturated rings. The summed E-state index contributed by atoms with van der Waals surface area (Å²) in [6.07, 6.45) is -3.84. The van der Waals surface area contributed by atoms with Crippen LogP contribution in [0, 0.1) is 0 Å². The van der Waals surface area contributed by atoms with Crippen LogP contribution in [0.1, 0.15) is 25.0 Å². The van der Waals surface area contributed by atoms with Gasteiger partial charge >= 0.3 is 6.18 Å². The van der Waals surface area contributed by atoms with E-state index >= 15 is 0 Å². The highest BCUT2D eigenvalue weighted by molar-refractivity contribution is 7.99. The van der Waals surface area contributed by atoms with Gasteiger partial charge in [-0.15, -0.1) is 0 Å². The first-order valence-electron chi connectivity index (χ1n) is 10.0. The molecule has 2 aliphatic heterocycles. The van der Waals surface area contributed by atoms with Gasteiger partial charge in [0.25, 0.3) is 15.9 Å². The van der Waals surface area contributed by atoms with Crippen LogP contribution in [-0.4, -0.2) is 48.8 Å². The van der Waals surface area contributed by atoms with Gasteiger partial charge in [-0.05, 0) is 25.5 Å². The molecule has 2 aromatic rings. The Morgan fingerprint density at radius 3 is 2.36 bits per heavy atom. The van der Waals surface area contributed by atoms with Crippen molar-refractivity contribution in [3.8, 4) is 0 Å². The number of aromatic nitrogens is 1. The van der Waals surface area contributed by atoms with Gasteiger partial charge in [0.2, 0.25) is 0 Å². The van der Waals surface area contributed by atoms with Gasteiger partial charge in [-0.25, -0.2) is 17.7 Å². The second kappa shape index (κ2) is 8.21. The molecule has 0 unspecified atom stereocenters. The number of nitrogens with zero attached hydrogens (tertiary/aromatic N) is 3. The fourth-order valence-electron chi connectivity index (χ4n) is 3.83. The van der Waals surface area contributed by atoms with E-state index in [1.54, 1.807) is 49.1 Å². The molecular weight excluding hydrogens is 481 g/mol. The highest BCUT2D eigenvalue weighted by atomic mass is 35.5. The Kier molecular flexibility index (Phi) is 5.81. The molecule has 1 aromatic carbocycles. The number of anilines is 1. The highest BCUT2D eigenvalue weighted by Gasteiger charge is 2.47. The van der Waals surface area contributed by atoms with Crippen LogP contribution < -0.4 is 10.2 Å². The molecule has 0 spiro atoms. The monoisotopic (exact) mass is 500 g/mol. The first-order valence-corrected chi connectivity index (χ1v) is 11.9. The molecule has 1 saturated heterocycles. The summed E-state index contributed by atoms with van der Waals surface area (Å²) in [5.41, 5.74) is -0.578. The number of rotatable bonds is 5. The predicted octanol–water partition coefficient (Wildman–Crippen LogP) is 3.48. The van der Waals surface area contributed by atoms with E-state index in [-0.39, 0.29) is 40.6 Å². The molecule has 7 nitrogen and oxygen atoms in total. The molecule has 2 aliphatic rings. The summed E-state index contributed by atoms with van der Waals surface area (Å²) in [7, 11) is -4.05. The second-order valence-electron chi connectivity index (χ2n) is 8.04. The van der Waals surface area contributed by atoms with Crippen LogP contribution in [0.4, 0.5) is 19.0 Å². The Morgan fingerprint density at radius 2 is 1.82 bits per heavy atom. The molecule has 176 valence electrons. The van der Waals surface area contributed by atoms with E-state index in [0.717, 1.165) is 10.4 Å². The number of alkyl halides is 3. The van der Waals surface area contributed by atoms with Gasteiger partial charge in [0.1, 0.15) is 16.4 Å². The van der Waals surface area contributed by atoms with Crippen molar-refractivity contribution in [2.24, 2.45) is 0 Å². The number of sulfonamides is 1. The summed E-state index contributed by atoms with van der Waals surface area (Å²) in [4.78, 5) is 18.4. The van der Waals surface area contributed by atoms with Crippen LogP contribution in [0.2, 0.25) is 5.02 Å². The zero-order valence-corrected chi connectivity index (χ0v) is 19.2. The van der Waals surface area contributed by atoms with E-state index in [9.17, 15) is 26.4 Å². The van der Waals surface area contributed by atoms with Crippen molar-refractivity contribution in [2.75, 3.05) is 18.0 Å². The predicted molar refractivity (Wildman–Crippen MR) is 118 cm³/mol. The third-order valence-corrected chi connectivity index (χ3v) is 7.68. The zero-order valence-electron chi connectivity index (χ0n) is 17.6. The maximum atomic E-state index is 13.2. The number of halogens is 4. The average molecular weight is 501 g/mol. The summed E-state index contributed by atoms with van der Waals surface area (Å²) in [6.45, 7) is 3.78. The summed E-state index contributed by atoms with van der Waals surface area (Å²) >= 11 is 6.00. The molecular formula is C21H20ClF3N4O3S. The average Bonchev–Trinajstić information content (AvgIpc) is 2.89. The summed E-state index contributed by atoms with van der Waals surface area (Å²) in [5.74, 6) is -0.456. The van der Waals surface area contributed by atoms with Crippen LogP contribution in [0.15, 0.2) is 48.3 Å². The summed E-state index contributed by atoms with van der Waals surface area (Å²) in [5, 5.41) is 2.88. The van der Waals surface area contributed by atoms with Gasteiger partial charge in [0.15, 0.2) is 0 Å². The van der Waals surface area contributed by atoms with Gasteiger partial charge in [0, 0.05) is 25.3 Å². The lowest BCUT2D eigenvalue weighted by atomic mass is 10.1. The number of hydrogen-bond donors (Lipinski definition) is 1. The number of nitrogens with one attached hydrogen (secondary N) is 1. The number of amides is 1. The van der Waals surface area contributed by atoms with Crippen molar-refractivity contribution >= 4 is 38.3 Å². The number of carbonyl (C=O) groups excluding carboxylic acids is 1. The van der Waals surface area contributed by atoms with E-state index in [4.69, 9.17) is 11.6 Å². The molecule has 1 aromatic heterocycles. The smallest absolute Gasteiger partial charge is 0.373 e. The van der Waals surface area contributed by atoms with Crippen LogP contribution in [0.5, 0.6) is 0 Å². The maximum absolute atomic E-state index is 13.2. The minimum Gasteiger partial charge on any atom is -0.373 e. The lowest BCUT2D eigenvalue weighted by Gasteiger charge is -2.41. The van der Waals surface area contributed by atoms with Crippen molar-refractivity contribution in [3.05, 3.63) is 64.4 Å². The normalized spacial score (nSPS) is 18.8. The molecule has 4 rings (SSSR count). The lowest BCUT2D eigenvalue weighted by molar-refractivity contribution is -0.137. The molecule has 0 radical (unpaired) electrons. The fourth-order valence-corrected chi connectivity index (χ4v) is 6.02. The molecule has 1 N–H and O–H groups in total. The SMILES string of the molecule is CC(C)N1C(=O)C(NC2CN(c3ncc(C(F)(F)F)cc3Cl)C2)=C(c2ccccc2)S1(=O)=O. The standard InChI is InChI=1S/C21H20ClF3N4O3S/c1-12(2)29-20(30)17(18(33(29,31)32)13-6-4-3-5-7-13)27-15-10-28(11-15)19-16(22)8-14(9-26-19)21(23,24)25/h3-9,12,15,27H,10-11H2,1-2H3. The van der Waals surface area contributed by atoms with Crippen LogP contribution >= 0.6 is 11.6 Å². The molecule has 12 heteroatoms. The quantitative estimate of drug-likeness (QED) is 0.677. The Labute approximate surface area is 193 Å². The third kappa shape index (κ3) is 4.15. The van der Waals surface area contributed by atoms with E-state index in [0.29, 0.717) is 11.8 Å². The van der Waals surface area contributed by atoms with Gasteiger partial charge in [-0.3, -0.25) is 4.79 Å². The van der Waals surface area contributed by atoms with E-state index in [1.165, 1.54) is 0 Å². The molecule has 0 saturated carbocycles. The van der Waals surface area contributed by atoms with Crippen molar-refractivity contribution in [2.45, 2.75) is 32.1 Å². The Balaban J connectivity index is 1.58. The number of pyridine rings is 1. The van der Waals surface area contributed by atoms with Gasteiger partial charge < -0.3 is 10.2 Å². The molecule has 0 bridgehead atoms.